The molecule has 5 heteroatoms. The van der Waals surface area contributed by atoms with Gasteiger partial charge in [0.15, 0.2) is 5.82 Å². The molecule has 0 saturated heterocycles. The molecule has 0 aliphatic heterocycles. The van der Waals surface area contributed by atoms with E-state index in [2.05, 4.69) is 20.5 Å². The molecule has 116 valence electrons. The quantitative estimate of drug-likeness (QED) is 0.861. The minimum absolute atomic E-state index is 0.162. The predicted octanol–water partition coefficient (Wildman–Crippen LogP) is 2.71. The lowest BCUT2D eigenvalue weighted by Gasteiger charge is -2.08. The number of hydrogen-bond donors (Lipinski definition) is 2. The number of carbonyl (C=O) groups is 1. The van der Waals surface area contributed by atoms with E-state index in [1.807, 2.05) is 30.3 Å². The van der Waals surface area contributed by atoms with Crippen molar-refractivity contribution in [1.29, 1.82) is 0 Å². The molecule has 1 amide bonds. The minimum atomic E-state index is 0.162. The summed E-state index contributed by atoms with van der Waals surface area (Å²) in [5, 5.41) is 10.1. The topological polar surface area (TPSA) is 70.7 Å². The van der Waals surface area contributed by atoms with Gasteiger partial charge < -0.3 is 5.32 Å². The normalized spacial score (nSPS) is 15.1. The molecule has 0 spiro atoms. The van der Waals surface area contributed by atoms with Crippen LogP contribution in [0.1, 0.15) is 37.9 Å². The maximum atomic E-state index is 11.9. The minimum Gasteiger partial charge on any atom is -0.356 e. The molecule has 0 radical (unpaired) electrons. The van der Waals surface area contributed by atoms with Gasteiger partial charge in [-0.25, -0.2) is 4.98 Å². The van der Waals surface area contributed by atoms with Crippen LogP contribution in [0, 0.1) is 5.92 Å². The average Bonchev–Trinajstić information content (AvgIpc) is 3.20. The highest BCUT2D eigenvalue weighted by atomic mass is 16.1. The summed E-state index contributed by atoms with van der Waals surface area (Å²) < 4.78 is 0. The van der Waals surface area contributed by atoms with E-state index in [9.17, 15) is 4.79 Å². The number of carbonyl (C=O) groups excluding carboxylic acids is 1. The maximum Gasteiger partial charge on any atom is 0.220 e. The van der Waals surface area contributed by atoms with Gasteiger partial charge in [0.2, 0.25) is 5.91 Å². The number of nitrogens with zero attached hydrogens (tertiary/aromatic N) is 2. The zero-order chi connectivity index (χ0) is 15.2. The molecular formula is C17H22N4O. The van der Waals surface area contributed by atoms with E-state index >= 15 is 0 Å². The Bertz CT molecular complexity index is 602. The molecule has 0 unspecified atom stereocenters. The van der Waals surface area contributed by atoms with Crippen LogP contribution in [0.5, 0.6) is 0 Å². The van der Waals surface area contributed by atoms with Crippen LogP contribution in [0.25, 0.3) is 11.4 Å². The van der Waals surface area contributed by atoms with Crippen molar-refractivity contribution in [1.82, 2.24) is 20.5 Å². The van der Waals surface area contributed by atoms with Crippen LogP contribution < -0.4 is 5.32 Å². The third-order valence-corrected chi connectivity index (χ3v) is 4.20. The molecule has 1 saturated carbocycles. The molecule has 5 nitrogen and oxygen atoms in total. The van der Waals surface area contributed by atoms with Gasteiger partial charge in [-0.2, -0.15) is 5.10 Å². The summed E-state index contributed by atoms with van der Waals surface area (Å²) in [4.78, 5) is 16.3. The molecule has 3 rings (SSSR count). The van der Waals surface area contributed by atoms with Crippen molar-refractivity contribution < 1.29 is 4.79 Å². The molecule has 1 aromatic carbocycles. The predicted molar refractivity (Wildman–Crippen MR) is 85.1 cm³/mol. The number of rotatable bonds is 6. The SMILES string of the molecule is O=C(CC1CCCC1)NCCc1nc(-c2ccccc2)n[nH]1. The van der Waals surface area contributed by atoms with Crippen LogP contribution >= 0.6 is 0 Å². The fourth-order valence-electron chi connectivity index (χ4n) is 2.99. The van der Waals surface area contributed by atoms with E-state index in [1.165, 1.54) is 25.7 Å². The van der Waals surface area contributed by atoms with Crippen molar-refractivity contribution >= 4 is 5.91 Å². The van der Waals surface area contributed by atoms with Crippen LogP contribution in [-0.4, -0.2) is 27.6 Å². The van der Waals surface area contributed by atoms with E-state index in [4.69, 9.17) is 0 Å². The first-order valence-corrected chi connectivity index (χ1v) is 8.04. The van der Waals surface area contributed by atoms with Crippen LogP contribution in [-0.2, 0) is 11.2 Å². The van der Waals surface area contributed by atoms with Crippen molar-refractivity contribution in [3.8, 4) is 11.4 Å². The fourth-order valence-corrected chi connectivity index (χ4v) is 2.99. The zero-order valence-corrected chi connectivity index (χ0v) is 12.7. The Hall–Kier alpha value is -2.17. The van der Waals surface area contributed by atoms with Gasteiger partial charge in [-0.3, -0.25) is 9.89 Å². The van der Waals surface area contributed by atoms with Gasteiger partial charge >= 0.3 is 0 Å². The first-order chi connectivity index (χ1) is 10.8. The first kappa shape index (κ1) is 14.8. The summed E-state index contributed by atoms with van der Waals surface area (Å²) >= 11 is 0. The Kier molecular flexibility index (Phi) is 4.83. The number of aromatic nitrogens is 3. The standard InChI is InChI=1S/C17H22N4O/c22-16(12-13-6-4-5-7-13)18-11-10-15-19-17(21-20-15)14-8-2-1-3-9-14/h1-3,8-9,13H,4-7,10-12H2,(H,18,22)(H,19,20,21). The number of nitrogens with one attached hydrogen (secondary N) is 2. The van der Waals surface area contributed by atoms with Gasteiger partial charge in [-0.1, -0.05) is 43.2 Å². The number of benzene rings is 1. The second-order valence-corrected chi connectivity index (χ2v) is 5.93. The van der Waals surface area contributed by atoms with Crippen LogP contribution in [0.15, 0.2) is 30.3 Å². The Morgan fingerprint density at radius 2 is 2.00 bits per heavy atom. The Morgan fingerprint density at radius 3 is 2.77 bits per heavy atom. The Morgan fingerprint density at radius 1 is 1.23 bits per heavy atom. The summed E-state index contributed by atoms with van der Waals surface area (Å²) in [6.07, 6.45) is 6.31. The van der Waals surface area contributed by atoms with Gasteiger partial charge in [0, 0.05) is 24.9 Å². The molecule has 1 fully saturated rings. The van der Waals surface area contributed by atoms with E-state index in [0.717, 1.165) is 11.4 Å². The Labute approximate surface area is 130 Å². The van der Waals surface area contributed by atoms with Crippen molar-refractivity contribution in [2.75, 3.05) is 6.54 Å². The number of amides is 1. The highest BCUT2D eigenvalue weighted by Gasteiger charge is 2.18. The van der Waals surface area contributed by atoms with Gasteiger partial charge in [0.25, 0.3) is 0 Å². The summed E-state index contributed by atoms with van der Waals surface area (Å²) in [6, 6.07) is 9.87. The average molecular weight is 298 g/mol. The molecule has 0 bridgehead atoms. The lowest BCUT2D eigenvalue weighted by molar-refractivity contribution is -0.121. The third-order valence-electron chi connectivity index (χ3n) is 4.20. The lowest BCUT2D eigenvalue weighted by Crippen LogP contribution is -2.27. The van der Waals surface area contributed by atoms with E-state index in [0.29, 0.717) is 31.1 Å². The summed E-state index contributed by atoms with van der Waals surface area (Å²) in [5.74, 6) is 2.26. The van der Waals surface area contributed by atoms with Gasteiger partial charge in [0.1, 0.15) is 5.82 Å². The number of H-pyrrole nitrogens is 1. The lowest BCUT2D eigenvalue weighted by atomic mass is 10.0. The summed E-state index contributed by atoms with van der Waals surface area (Å²) in [5.41, 5.74) is 0.996. The second kappa shape index (κ2) is 7.20. The van der Waals surface area contributed by atoms with Crippen molar-refractivity contribution in [2.45, 2.75) is 38.5 Å². The van der Waals surface area contributed by atoms with Crippen LogP contribution in [0.4, 0.5) is 0 Å². The van der Waals surface area contributed by atoms with Crippen molar-refractivity contribution in [2.24, 2.45) is 5.92 Å². The zero-order valence-electron chi connectivity index (χ0n) is 12.7. The molecular weight excluding hydrogens is 276 g/mol. The molecule has 22 heavy (non-hydrogen) atoms. The van der Waals surface area contributed by atoms with Gasteiger partial charge in [-0.15, -0.1) is 0 Å². The summed E-state index contributed by atoms with van der Waals surface area (Å²) in [6.45, 7) is 0.606. The van der Waals surface area contributed by atoms with Crippen molar-refractivity contribution in [3.63, 3.8) is 0 Å². The smallest absolute Gasteiger partial charge is 0.220 e. The number of hydrogen-bond acceptors (Lipinski definition) is 3. The van der Waals surface area contributed by atoms with E-state index in [1.54, 1.807) is 0 Å². The van der Waals surface area contributed by atoms with Crippen molar-refractivity contribution in [3.05, 3.63) is 36.2 Å². The first-order valence-electron chi connectivity index (χ1n) is 8.04. The molecule has 0 atom stereocenters. The highest BCUT2D eigenvalue weighted by molar-refractivity contribution is 5.76. The second-order valence-electron chi connectivity index (χ2n) is 5.93. The Balaban J connectivity index is 1.44. The number of aromatic amines is 1. The monoisotopic (exact) mass is 298 g/mol. The molecule has 1 aliphatic rings. The van der Waals surface area contributed by atoms with Crippen LogP contribution in [0.2, 0.25) is 0 Å². The largest absolute Gasteiger partial charge is 0.356 e. The van der Waals surface area contributed by atoms with Gasteiger partial charge in [-0.05, 0) is 18.8 Å². The molecule has 1 aromatic heterocycles. The van der Waals surface area contributed by atoms with Gasteiger partial charge in [0.05, 0.1) is 0 Å². The maximum absolute atomic E-state index is 11.9. The van der Waals surface area contributed by atoms with E-state index < -0.39 is 0 Å². The third kappa shape index (κ3) is 3.93. The van der Waals surface area contributed by atoms with Crippen LogP contribution in [0.3, 0.4) is 0 Å². The highest BCUT2D eigenvalue weighted by Crippen LogP contribution is 2.27. The fraction of sp³-hybridized carbons (Fsp3) is 0.471. The molecule has 1 heterocycles. The molecule has 2 aromatic rings. The van der Waals surface area contributed by atoms with E-state index in [-0.39, 0.29) is 5.91 Å². The molecule has 2 N–H and O–H groups in total. The summed E-state index contributed by atoms with van der Waals surface area (Å²) in [7, 11) is 0. The molecule has 1 aliphatic carbocycles.